The van der Waals surface area contributed by atoms with Gasteiger partial charge in [0, 0.05) is 49.0 Å². The van der Waals surface area contributed by atoms with E-state index in [-0.39, 0.29) is 28.8 Å². The number of amides is 1. The summed E-state index contributed by atoms with van der Waals surface area (Å²) >= 11 is 5.80. The number of halogens is 1. The summed E-state index contributed by atoms with van der Waals surface area (Å²) in [6.07, 6.45) is 0. The van der Waals surface area contributed by atoms with E-state index in [0.717, 1.165) is 24.5 Å². The minimum absolute atomic E-state index is 0.148. The summed E-state index contributed by atoms with van der Waals surface area (Å²) in [5.41, 5.74) is 1.01. The second-order valence-electron chi connectivity index (χ2n) is 6.43. The average Bonchev–Trinajstić information content (AvgIpc) is 2.69. The van der Waals surface area contributed by atoms with Crippen LogP contribution >= 0.6 is 11.6 Å². The van der Waals surface area contributed by atoms with Crippen LogP contribution in [0.5, 0.6) is 5.75 Å². The van der Waals surface area contributed by atoms with Crippen LogP contribution in [-0.4, -0.2) is 55.6 Å². The zero-order chi connectivity index (χ0) is 20.1. The van der Waals surface area contributed by atoms with Gasteiger partial charge in [-0.15, -0.1) is 0 Å². The Labute approximate surface area is 167 Å². The third-order valence-corrected chi connectivity index (χ3v) is 4.82. The molecule has 8 nitrogen and oxygen atoms in total. The molecule has 1 fully saturated rings. The molecule has 0 atom stereocenters. The predicted molar refractivity (Wildman–Crippen MR) is 108 cm³/mol. The number of carbonyl (C=O) groups excluding carboxylic acids is 1. The zero-order valence-electron chi connectivity index (χ0n) is 15.4. The van der Waals surface area contributed by atoms with Crippen LogP contribution in [0.2, 0.25) is 5.02 Å². The van der Waals surface area contributed by atoms with Crippen LogP contribution in [0.15, 0.2) is 42.5 Å². The minimum atomic E-state index is -0.561. The molecule has 0 spiro atoms. The second kappa shape index (κ2) is 8.90. The molecule has 28 heavy (non-hydrogen) atoms. The lowest BCUT2D eigenvalue weighted by molar-refractivity contribution is -0.383. The molecule has 0 unspecified atom stereocenters. The average molecular weight is 405 g/mol. The van der Waals surface area contributed by atoms with Crippen molar-refractivity contribution in [2.75, 3.05) is 50.1 Å². The fourth-order valence-electron chi connectivity index (χ4n) is 3.13. The van der Waals surface area contributed by atoms with Gasteiger partial charge in [0.05, 0.1) is 18.6 Å². The molecule has 0 radical (unpaired) electrons. The Morgan fingerprint density at radius 1 is 1.21 bits per heavy atom. The van der Waals surface area contributed by atoms with E-state index in [1.165, 1.54) is 18.2 Å². The molecule has 0 aromatic heterocycles. The van der Waals surface area contributed by atoms with Crippen molar-refractivity contribution in [3.63, 3.8) is 0 Å². The number of anilines is 2. The van der Waals surface area contributed by atoms with Gasteiger partial charge < -0.3 is 15.0 Å². The Kier molecular flexibility index (Phi) is 6.33. The molecule has 2 aromatic rings. The van der Waals surface area contributed by atoms with E-state index in [1.807, 2.05) is 29.2 Å². The smallest absolute Gasteiger partial charge is 0.294 e. The summed E-state index contributed by atoms with van der Waals surface area (Å²) < 4.78 is 5.26. The van der Waals surface area contributed by atoms with Crippen molar-refractivity contribution < 1.29 is 14.5 Å². The molecule has 1 N–H and O–H groups in total. The Hall–Kier alpha value is -2.84. The number of nitrogens with zero attached hydrogens (tertiary/aromatic N) is 3. The fraction of sp³-hybridized carbons (Fsp3) is 0.316. The molecular weight excluding hydrogens is 384 g/mol. The number of rotatable bonds is 6. The van der Waals surface area contributed by atoms with Crippen molar-refractivity contribution in [2.24, 2.45) is 0 Å². The molecular formula is C19H21ClN4O4. The lowest BCUT2D eigenvalue weighted by Gasteiger charge is -2.35. The van der Waals surface area contributed by atoms with Crippen LogP contribution in [0.1, 0.15) is 0 Å². The molecule has 3 rings (SSSR count). The van der Waals surface area contributed by atoms with E-state index < -0.39 is 4.92 Å². The highest BCUT2D eigenvalue weighted by atomic mass is 35.5. The first-order valence-corrected chi connectivity index (χ1v) is 9.19. The highest BCUT2D eigenvalue weighted by Crippen LogP contribution is 2.28. The Morgan fingerprint density at radius 2 is 1.96 bits per heavy atom. The zero-order valence-corrected chi connectivity index (χ0v) is 16.2. The van der Waals surface area contributed by atoms with Crippen LogP contribution in [0.25, 0.3) is 0 Å². The van der Waals surface area contributed by atoms with Crippen molar-refractivity contribution in [1.82, 2.24) is 4.90 Å². The lowest BCUT2D eigenvalue weighted by Crippen LogP contribution is -2.48. The first-order chi connectivity index (χ1) is 13.5. The van der Waals surface area contributed by atoms with Crippen molar-refractivity contribution in [3.05, 3.63) is 57.6 Å². The quantitative estimate of drug-likeness (QED) is 0.588. The maximum Gasteiger partial charge on any atom is 0.294 e. The van der Waals surface area contributed by atoms with Crippen LogP contribution in [0, 0.1) is 10.1 Å². The summed E-state index contributed by atoms with van der Waals surface area (Å²) in [5.74, 6) is 0.518. The van der Waals surface area contributed by atoms with E-state index in [2.05, 4.69) is 10.2 Å². The number of hydrogen-bond acceptors (Lipinski definition) is 6. The summed E-state index contributed by atoms with van der Waals surface area (Å²) in [4.78, 5) is 27.2. The van der Waals surface area contributed by atoms with Gasteiger partial charge in [-0.2, -0.15) is 0 Å². The standard InChI is InChI=1S/C19H21ClN4O4/c1-28-16-4-2-3-15(12-16)23-9-7-22(8-10-23)13-19(25)21-17-6-5-14(20)11-18(17)24(26)27/h2-6,11-12H,7-10,13H2,1H3,(H,21,25). The van der Waals surface area contributed by atoms with Gasteiger partial charge in [-0.3, -0.25) is 19.8 Å². The number of benzene rings is 2. The van der Waals surface area contributed by atoms with Crippen molar-refractivity contribution in [1.29, 1.82) is 0 Å². The fourth-order valence-corrected chi connectivity index (χ4v) is 3.29. The Balaban J connectivity index is 1.55. The summed E-state index contributed by atoms with van der Waals surface area (Å²) in [6.45, 7) is 3.16. The molecule has 148 valence electrons. The van der Waals surface area contributed by atoms with E-state index in [1.54, 1.807) is 7.11 Å². The van der Waals surface area contributed by atoms with Gasteiger partial charge in [0.25, 0.3) is 5.69 Å². The van der Waals surface area contributed by atoms with Gasteiger partial charge in [-0.05, 0) is 24.3 Å². The highest BCUT2D eigenvalue weighted by Gasteiger charge is 2.21. The molecule has 1 aliphatic heterocycles. The van der Waals surface area contributed by atoms with Gasteiger partial charge in [-0.25, -0.2) is 0 Å². The normalized spacial score (nSPS) is 14.6. The molecule has 1 aliphatic rings. The molecule has 1 amide bonds. The largest absolute Gasteiger partial charge is 0.497 e. The van der Waals surface area contributed by atoms with Crippen LogP contribution in [0.4, 0.5) is 17.1 Å². The van der Waals surface area contributed by atoms with Crippen LogP contribution in [0.3, 0.4) is 0 Å². The van der Waals surface area contributed by atoms with Gasteiger partial charge >= 0.3 is 0 Å². The van der Waals surface area contributed by atoms with E-state index in [4.69, 9.17) is 16.3 Å². The third kappa shape index (κ3) is 4.90. The van der Waals surface area contributed by atoms with Gasteiger partial charge in [-0.1, -0.05) is 17.7 Å². The summed E-state index contributed by atoms with van der Waals surface area (Å²) in [5, 5.41) is 14.0. The predicted octanol–water partition coefficient (Wildman–Crippen LogP) is 3.02. The Morgan fingerprint density at radius 3 is 2.64 bits per heavy atom. The molecule has 0 aliphatic carbocycles. The summed E-state index contributed by atoms with van der Waals surface area (Å²) in [6, 6.07) is 12.1. The topological polar surface area (TPSA) is 88.0 Å². The first kappa shape index (κ1) is 19.9. The van der Waals surface area contributed by atoms with Gasteiger partial charge in [0.15, 0.2) is 0 Å². The number of nitro benzene ring substituents is 1. The van der Waals surface area contributed by atoms with Crippen molar-refractivity contribution in [3.8, 4) is 5.75 Å². The molecule has 1 heterocycles. The van der Waals surface area contributed by atoms with Crippen LogP contribution < -0.4 is 15.0 Å². The first-order valence-electron chi connectivity index (χ1n) is 8.81. The number of methoxy groups -OCH3 is 1. The van der Waals surface area contributed by atoms with E-state index >= 15 is 0 Å². The molecule has 0 bridgehead atoms. The SMILES string of the molecule is COc1cccc(N2CCN(CC(=O)Nc3ccc(Cl)cc3[N+](=O)[O-])CC2)c1. The molecule has 9 heteroatoms. The second-order valence-corrected chi connectivity index (χ2v) is 6.87. The number of nitrogens with one attached hydrogen (secondary N) is 1. The third-order valence-electron chi connectivity index (χ3n) is 4.59. The number of hydrogen-bond donors (Lipinski definition) is 1. The molecule has 0 saturated carbocycles. The summed E-state index contributed by atoms with van der Waals surface area (Å²) in [7, 11) is 1.64. The van der Waals surface area contributed by atoms with Gasteiger partial charge in [0.2, 0.25) is 5.91 Å². The maximum atomic E-state index is 12.3. The number of ether oxygens (including phenoxy) is 1. The lowest BCUT2D eigenvalue weighted by atomic mass is 10.2. The Bertz CT molecular complexity index is 869. The van der Waals surface area contributed by atoms with Crippen molar-refractivity contribution >= 4 is 34.6 Å². The monoisotopic (exact) mass is 404 g/mol. The van der Waals surface area contributed by atoms with Crippen LogP contribution in [-0.2, 0) is 4.79 Å². The van der Waals surface area contributed by atoms with Crippen molar-refractivity contribution in [2.45, 2.75) is 0 Å². The molecule has 2 aromatic carbocycles. The number of nitro groups is 1. The number of piperazine rings is 1. The van der Waals surface area contributed by atoms with E-state index in [0.29, 0.717) is 13.1 Å². The maximum absolute atomic E-state index is 12.3. The minimum Gasteiger partial charge on any atom is -0.497 e. The number of carbonyl (C=O) groups is 1. The highest BCUT2D eigenvalue weighted by molar-refractivity contribution is 6.31. The van der Waals surface area contributed by atoms with Gasteiger partial charge in [0.1, 0.15) is 11.4 Å². The molecule has 1 saturated heterocycles. The van der Waals surface area contributed by atoms with E-state index in [9.17, 15) is 14.9 Å².